The number of halogens is 1. The summed E-state index contributed by atoms with van der Waals surface area (Å²) in [5.74, 6) is 2.09. The van der Waals surface area contributed by atoms with Gasteiger partial charge in [-0.05, 0) is 19.8 Å². The van der Waals surface area contributed by atoms with Gasteiger partial charge in [-0.2, -0.15) is 5.10 Å². The van der Waals surface area contributed by atoms with Gasteiger partial charge in [0.15, 0.2) is 5.82 Å². The summed E-state index contributed by atoms with van der Waals surface area (Å²) in [5, 5.41) is 12.9. The molecule has 0 spiro atoms. The average Bonchev–Trinajstić information content (AvgIpc) is 2.76. The molecule has 0 radical (unpaired) electrons. The Morgan fingerprint density at radius 2 is 2.11 bits per heavy atom. The predicted octanol–water partition coefficient (Wildman–Crippen LogP) is 1.56. The van der Waals surface area contributed by atoms with Crippen LogP contribution in [-0.4, -0.2) is 24.5 Å². The lowest BCUT2D eigenvalue weighted by Gasteiger charge is -2.06. The first-order valence-corrected chi connectivity index (χ1v) is 6.44. The number of hydrogen-bond donors (Lipinski definition) is 1. The van der Waals surface area contributed by atoms with E-state index in [0.717, 1.165) is 36.0 Å². The number of fused-ring (bicyclic) bond motifs is 1. The minimum Gasteiger partial charge on any atom is -0.396 e. The molecule has 1 aliphatic rings. The zero-order valence-electron chi connectivity index (χ0n) is 11.0. The van der Waals surface area contributed by atoms with Crippen LogP contribution in [-0.2, 0) is 19.5 Å². The number of nitrogen functional groups attached to an aromatic ring is 1. The third-order valence-corrected chi connectivity index (χ3v) is 3.47. The van der Waals surface area contributed by atoms with Crippen LogP contribution in [0.1, 0.15) is 36.6 Å². The summed E-state index contributed by atoms with van der Waals surface area (Å²) >= 11 is 0. The minimum absolute atomic E-state index is 0. The van der Waals surface area contributed by atoms with Gasteiger partial charge in [-0.3, -0.25) is 4.68 Å². The fourth-order valence-electron chi connectivity index (χ4n) is 2.42. The summed E-state index contributed by atoms with van der Waals surface area (Å²) in [6, 6.07) is 0. The van der Waals surface area contributed by atoms with E-state index in [9.17, 15) is 0 Å². The molecule has 0 atom stereocenters. The molecule has 0 bridgehead atoms. The van der Waals surface area contributed by atoms with Crippen molar-refractivity contribution < 1.29 is 0 Å². The van der Waals surface area contributed by atoms with Crippen molar-refractivity contribution in [2.75, 3.05) is 5.73 Å². The third kappa shape index (κ3) is 2.73. The molecule has 0 unspecified atom stereocenters. The highest BCUT2D eigenvalue weighted by atomic mass is 35.5. The Balaban J connectivity index is 0.00000133. The van der Waals surface area contributed by atoms with Crippen molar-refractivity contribution in [3.63, 3.8) is 0 Å². The van der Waals surface area contributed by atoms with E-state index < -0.39 is 0 Å². The summed E-state index contributed by atoms with van der Waals surface area (Å²) in [6.07, 6.45) is 6.59. The molecule has 0 fully saturated rings. The van der Waals surface area contributed by atoms with Gasteiger partial charge in [-0.25, -0.2) is 0 Å². The van der Waals surface area contributed by atoms with E-state index in [-0.39, 0.29) is 12.4 Å². The number of anilines is 1. The quantitative estimate of drug-likeness (QED) is 0.907. The van der Waals surface area contributed by atoms with Crippen molar-refractivity contribution in [3.05, 3.63) is 23.5 Å². The summed E-state index contributed by atoms with van der Waals surface area (Å²) in [5.41, 5.74) is 7.40. The van der Waals surface area contributed by atoms with Crippen molar-refractivity contribution >= 4 is 18.1 Å². The summed E-state index contributed by atoms with van der Waals surface area (Å²) in [7, 11) is 0. The Kier molecular flexibility index (Phi) is 4.09. The maximum Gasteiger partial charge on any atom is 0.154 e. The monoisotopic (exact) mass is 282 g/mol. The van der Waals surface area contributed by atoms with E-state index in [1.165, 1.54) is 19.3 Å². The van der Waals surface area contributed by atoms with Gasteiger partial charge in [0.25, 0.3) is 0 Å². The first-order chi connectivity index (χ1) is 8.74. The number of hydrogen-bond acceptors (Lipinski definition) is 4. The molecule has 0 saturated carbocycles. The van der Waals surface area contributed by atoms with E-state index in [2.05, 4.69) is 19.9 Å². The number of nitrogens with two attached hydrogens (primary N) is 1. The van der Waals surface area contributed by atoms with Crippen molar-refractivity contribution in [3.8, 4) is 0 Å². The molecule has 19 heavy (non-hydrogen) atoms. The predicted molar refractivity (Wildman–Crippen MR) is 75.3 cm³/mol. The van der Waals surface area contributed by atoms with E-state index in [1.807, 2.05) is 17.8 Å². The van der Waals surface area contributed by atoms with E-state index >= 15 is 0 Å². The van der Waals surface area contributed by atoms with Gasteiger partial charge >= 0.3 is 0 Å². The molecule has 0 aromatic carbocycles. The normalized spacial score (nSPS) is 14.6. The topological polar surface area (TPSA) is 74.5 Å². The lowest BCUT2D eigenvalue weighted by atomic mass is 10.2. The second-order valence-electron chi connectivity index (χ2n) is 4.86. The van der Waals surface area contributed by atoms with Gasteiger partial charge in [0, 0.05) is 19.2 Å². The molecule has 2 aromatic heterocycles. The van der Waals surface area contributed by atoms with Crippen LogP contribution in [0.25, 0.3) is 0 Å². The van der Waals surface area contributed by atoms with Crippen LogP contribution in [0.3, 0.4) is 0 Å². The molecule has 104 valence electrons. The Labute approximate surface area is 118 Å². The number of aryl methyl sites for hydroxylation is 2. The first-order valence-electron chi connectivity index (χ1n) is 6.44. The zero-order valence-corrected chi connectivity index (χ0v) is 11.9. The lowest BCUT2D eigenvalue weighted by molar-refractivity contribution is 0.567. The van der Waals surface area contributed by atoms with Crippen LogP contribution in [0.4, 0.5) is 5.69 Å². The highest BCUT2D eigenvalue weighted by Gasteiger charge is 2.15. The lowest BCUT2D eigenvalue weighted by Crippen LogP contribution is -2.10. The van der Waals surface area contributed by atoms with Crippen LogP contribution in [0.15, 0.2) is 6.20 Å². The van der Waals surface area contributed by atoms with Crippen molar-refractivity contribution in [2.45, 2.75) is 45.7 Å². The molecule has 1 aliphatic heterocycles. The van der Waals surface area contributed by atoms with Crippen LogP contribution in [0.2, 0.25) is 0 Å². The van der Waals surface area contributed by atoms with E-state index in [1.54, 1.807) is 0 Å². The molecule has 0 amide bonds. The Hall–Kier alpha value is -1.56. The smallest absolute Gasteiger partial charge is 0.154 e. The number of rotatable bonds is 2. The van der Waals surface area contributed by atoms with Gasteiger partial charge in [0.2, 0.25) is 0 Å². The molecule has 3 rings (SSSR count). The molecule has 7 heteroatoms. The van der Waals surface area contributed by atoms with E-state index in [4.69, 9.17) is 5.73 Å². The van der Waals surface area contributed by atoms with Gasteiger partial charge in [0.05, 0.1) is 11.4 Å². The average molecular weight is 283 g/mol. The first kappa shape index (κ1) is 13.9. The maximum absolute atomic E-state index is 5.81. The molecular weight excluding hydrogens is 264 g/mol. The molecule has 2 aromatic rings. The maximum atomic E-state index is 5.81. The zero-order chi connectivity index (χ0) is 12.5. The Morgan fingerprint density at radius 3 is 2.84 bits per heavy atom. The molecule has 6 nitrogen and oxygen atoms in total. The van der Waals surface area contributed by atoms with Gasteiger partial charge < -0.3 is 10.3 Å². The van der Waals surface area contributed by atoms with Crippen molar-refractivity contribution in [1.29, 1.82) is 0 Å². The highest BCUT2D eigenvalue weighted by Crippen LogP contribution is 2.15. The van der Waals surface area contributed by atoms with Crippen LogP contribution in [0.5, 0.6) is 0 Å². The SMILES string of the molecule is Cc1nn(Cc2nnc3n2CCCCC3)cc1N.Cl. The second kappa shape index (κ2) is 5.61. The van der Waals surface area contributed by atoms with Crippen LogP contribution in [0, 0.1) is 6.92 Å². The third-order valence-electron chi connectivity index (χ3n) is 3.47. The van der Waals surface area contributed by atoms with Gasteiger partial charge in [-0.1, -0.05) is 6.42 Å². The van der Waals surface area contributed by atoms with E-state index in [0.29, 0.717) is 6.54 Å². The van der Waals surface area contributed by atoms with Crippen molar-refractivity contribution in [1.82, 2.24) is 24.5 Å². The molecule has 0 aliphatic carbocycles. The van der Waals surface area contributed by atoms with Crippen LogP contribution >= 0.6 is 12.4 Å². The fourth-order valence-corrected chi connectivity index (χ4v) is 2.42. The summed E-state index contributed by atoms with van der Waals surface area (Å²) < 4.78 is 4.08. The van der Waals surface area contributed by atoms with Crippen LogP contribution < -0.4 is 5.73 Å². The van der Waals surface area contributed by atoms with Gasteiger partial charge in [-0.15, -0.1) is 22.6 Å². The fraction of sp³-hybridized carbons (Fsp3) is 0.583. The standard InChI is InChI=1S/C12H18N6.ClH/c1-9-10(13)7-17(16-9)8-12-15-14-11-5-3-2-4-6-18(11)12;/h7H,2-6,8,13H2,1H3;1H. The molecule has 2 N–H and O–H groups in total. The molecule has 0 saturated heterocycles. The van der Waals surface area contributed by atoms with Gasteiger partial charge in [0.1, 0.15) is 12.4 Å². The highest BCUT2D eigenvalue weighted by molar-refractivity contribution is 5.85. The summed E-state index contributed by atoms with van der Waals surface area (Å²) in [4.78, 5) is 0. The second-order valence-corrected chi connectivity index (χ2v) is 4.86. The Morgan fingerprint density at radius 1 is 1.26 bits per heavy atom. The summed E-state index contributed by atoms with van der Waals surface area (Å²) in [6.45, 7) is 3.58. The van der Waals surface area contributed by atoms with Crippen molar-refractivity contribution in [2.24, 2.45) is 0 Å². The number of nitrogens with zero attached hydrogens (tertiary/aromatic N) is 5. The molecule has 3 heterocycles. The minimum atomic E-state index is 0. The molecular formula is C12H19ClN6. The largest absolute Gasteiger partial charge is 0.396 e. The number of aromatic nitrogens is 5. The Bertz CT molecular complexity index is 539.